The van der Waals surface area contributed by atoms with Crippen molar-refractivity contribution in [3.63, 3.8) is 0 Å². The number of hydrogen-bond acceptors (Lipinski definition) is 3. The van der Waals surface area contributed by atoms with Gasteiger partial charge in [-0.1, -0.05) is 91.0 Å². The Morgan fingerprint density at radius 2 is 1.21 bits per heavy atom. The molecule has 0 amide bonds. The molecular weight excluding hydrogens is 365 g/mol. The monoisotopic (exact) mass is 385 g/mol. The van der Waals surface area contributed by atoms with Crippen LogP contribution < -0.4 is 20.7 Å². The summed E-state index contributed by atoms with van der Waals surface area (Å²) in [5.74, 6) is 0.405. The molecule has 28 heavy (non-hydrogen) atoms. The minimum Gasteiger partial charge on any atom is -0.472 e. The number of nitrogens with zero attached hydrogens (tertiary/aromatic N) is 1. The minimum absolute atomic E-state index is 0.369. The van der Waals surface area contributed by atoms with Crippen LogP contribution >= 0.6 is 7.14 Å². The second-order valence-corrected chi connectivity index (χ2v) is 9.12. The van der Waals surface area contributed by atoms with Gasteiger partial charge in [0, 0.05) is 16.8 Å². The summed E-state index contributed by atoms with van der Waals surface area (Å²) in [5, 5.41) is 2.14. The quantitative estimate of drug-likeness (QED) is 0.465. The molecule has 0 aliphatic heterocycles. The van der Waals surface area contributed by atoms with E-state index in [0.717, 1.165) is 16.2 Å². The highest BCUT2D eigenvalue weighted by Gasteiger charge is 2.33. The van der Waals surface area contributed by atoms with Gasteiger partial charge in [0.2, 0.25) is 5.88 Å². The van der Waals surface area contributed by atoms with Crippen LogP contribution in [0.15, 0.2) is 109 Å². The Labute approximate surface area is 165 Å². The van der Waals surface area contributed by atoms with E-state index in [1.165, 1.54) is 0 Å². The molecule has 0 fully saturated rings. The average molecular weight is 385 g/mol. The van der Waals surface area contributed by atoms with Crippen LogP contribution in [0.4, 0.5) is 0 Å². The van der Waals surface area contributed by atoms with Gasteiger partial charge in [-0.15, -0.1) is 0 Å². The lowest BCUT2D eigenvalue weighted by Crippen LogP contribution is -2.26. The maximum atomic E-state index is 14.5. The number of pyridine rings is 1. The van der Waals surface area contributed by atoms with Gasteiger partial charge >= 0.3 is 0 Å². The first-order valence-electron chi connectivity index (χ1n) is 9.12. The van der Waals surface area contributed by atoms with Crippen molar-refractivity contribution in [2.75, 3.05) is 0 Å². The molecular formula is C24H20NO2P. The molecule has 0 atom stereocenters. The first-order chi connectivity index (χ1) is 13.8. The molecule has 0 bridgehead atoms. The van der Waals surface area contributed by atoms with Crippen molar-refractivity contribution in [2.45, 2.75) is 6.61 Å². The van der Waals surface area contributed by atoms with Crippen molar-refractivity contribution >= 4 is 23.1 Å². The van der Waals surface area contributed by atoms with Crippen molar-refractivity contribution in [1.82, 2.24) is 4.98 Å². The van der Waals surface area contributed by atoms with Gasteiger partial charge in [0.1, 0.15) is 6.61 Å². The molecule has 3 aromatic carbocycles. The third kappa shape index (κ3) is 3.62. The Balaban J connectivity index is 1.81. The van der Waals surface area contributed by atoms with Gasteiger partial charge in [-0.25, -0.2) is 4.98 Å². The van der Waals surface area contributed by atoms with E-state index in [-0.39, 0.29) is 0 Å². The highest BCUT2D eigenvalue weighted by atomic mass is 31.2. The fourth-order valence-electron chi connectivity index (χ4n) is 3.16. The normalized spacial score (nSPS) is 11.1. The van der Waals surface area contributed by atoms with E-state index < -0.39 is 7.14 Å². The number of benzene rings is 3. The van der Waals surface area contributed by atoms with E-state index in [0.29, 0.717) is 17.8 Å². The van der Waals surface area contributed by atoms with Crippen LogP contribution in [0, 0.1) is 0 Å². The van der Waals surface area contributed by atoms with E-state index in [4.69, 9.17) is 4.74 Å². The van der Waals surface area contributed by atoms with Crippen LogP contribution in [0.25, 0.3) is 0 Å². The second-order valence-electron chi connectivity index (χ2n) is 6.38. The van der Waals surface area contributed by atoms with E-state index in [1.807, 2.05) is 103 Å². The van der Waals surface area contributed by atoms with Crippen LogP contribution in [0.5, 0.6) is 5.88 Å². The van der Waals surface area contributed by atoms with Gasteiger partial charge in [0.15, 0.2) is 7.14 Å². The molecule has 4 rings (SSSR count). The molecule has 0 radical (unpaired) electrons. The van der Waals surface area contributed by atoms with Crippen LogP contribution in [0.1, 0.15) is 5.56 Å². The zero-order chi connectivity index (χ0) is 19.2. The molecule has 0 unspecified atom stereocenters. The molecule has 0 spiro atoms. The fourth-order valence-corrected chi connectivity index (χ4v) is 5.89. The predicted molar refractivity (Wildman–Crippen MR) is 114 cm³/mol. The molecule has 0 aliphatic rings. The lowest BCUT2D eigenvalue weighted by Gasteiger charge is -2.21. The lowest BCUT2D eigenvalue weighted by molar-refractivity contribution is 0.296. The molecule has 138 valence electrons. The third-order valence-corrected chi connectivity index (χ3v) is 7.62. The summed E-state index contributed by atoms with van der Waals surface area (Å²) in [6.45, 7) is 0.369. The maximum Gasteiger partial charge on any atom is 0.225 e. The van der Waals surface area contributed by atoms with Gasteiger partial charge in [0.05, 0.1) is 5.30 Å². The summed E-state index contributed by atoms with van der Waals surface area (Å²) < 4.78 is 20.6. The van der Waals surface area contributed by atoms with Crippen molar-refractivity contribution in [1.29, 1.82) is 0 Å². The lowest BCUT2D eigenvalue weighted by atomic mass is 10.2. The minimum atomic E-state index is -3.12. The van der Waals surface area contributed by atoms with Crippen LogP contribution in [-0.4, -0.2) is 4.98 Å². The van der Waals surface area contributed by atoms with Crippen LogP contribution in [0.3, 0.4) is 0 Å². The van der Waals surface area contributed by atoms with Gasteiger partial charge < -0.3 is 9.30 Å². The average Bonchev–Trinajstić information content (AvgIpc) is 2.79. The molecule has 4 heteroatoms. The maximum absolute atomic E-state index is 14.5. The Morgan fingerprint density at radius 1 is 0.679 bits per heavy atom. The molecule has 1 aromatic heterocycles. The summed E-state index contributed by atoms with van der Waals surface area (Å²) in [4.78, 5) is 4.42. The highest BCUT2D eigenvalue weighted by molar-refractivity contribution is 7.85. The second kappa shape index (κ2) is 8.24. The van der Waals surface area contributed by atoms with Crippen molar-refractivity contribution in [3.8, 4) is 5.88 Å². The SMILES string of the molecule is O=P(c1ccccc1)(c1ccccc1)c1cccnc1OCc1ccccc1. The van der Waals surface area contributed by atoms with E-state index in [1.54, 1.807) is 6.20 Å². The highest BCUT2D eigenvalue weighted by Crippen LogP contribution is 2.44. The fraction of sp³-hybridized carbons (Fsp3) is 0.0417. The van der Waals surface area contributed by atoms with Crippen molar-refractivity contribution in [3.05, 3.63) is 115 Å². The van der Waals surface area contributed by atoms with Gasteiger partial charge in [0.25, 0.3) is 0 Å². The zero-order valence-electron chi connectivity index (χ0n) is 15.3. The summed E-state index contributed by atoms with van der Waals surface area (Å²) in [7, 11) is -3.12. The standard InChI is InChI=1S/C24H20NO2P/c26-28(21-13-6-2-7-14-21,22-15-8-3-9-16-22)23-17-10-18-25-24(23)27-19-20-11-4-1-5-12-20/h1-18H,19H2. The zero-order valence-corrected chi connectivity index (χ0v) is 16.2. The summed E-state index contributed by atoms with van der Waals surface area (Å²) in [6.07, 6.45) is 1.67. The summed E-state index contributed by atoms with van der Waals surface area (Å²) in [5.41, 5.74) is 1.04. The molecule has 3 nitrogen and oxygen atoms in total. The molecule has 0 saturated carbocycles. The Hall–Kier alpha value is -3.16. The molecule has 0 aliphatic carbocycles. The van der Waals surface area contributed by atoms with Gasteiger partial charge in [-0.3, -0.25) is 0 Å². The molecule has 1 heterocycles. The van der Waals surface area contributed by atoms with Crippen LogP contribution in [-0.2, 0) is 11.2 Å². The smallest absolute Gasteiger partial charge is 0.225 e. The van der Waals surface area contributed by atoms with E-state index >= 15 is 0 Å². The first kappa shape index (κ1) is 18.2. The largest absolute Gasteiger partial charge is 0.472 e. The topological polar surface area (TPSA) is 39.2 Å². The van der Waals surface area contributed by atoms with E-state index in [9.17, 15) is 4.57 Å². The Morgan fingerprint density at radius 3 is 1.79 bits per heavy atom. The van der Waals surface area contributed by atoms with E-state index in [2.05, 4.69) is 4.98 Å². The summed E-state index contributed by atoms with van der Waals surface area (Å²) in [6, 6.07) is 32.7. The molecule has 0 N–H and O–H groups in total. The predicted octanol–water partition coefficient (Wildman–Crippen LogP) is 4.30. The number of aromatic nitrogens is 1. The Bertz CT molecular complexity index is 1040. The number of hydrogen-bond donors (Lipinski definition) is 0. The molecule has 4 aromatic rings. The molecule has 0 saturated heterocycles. The third-order valence-electron chi connectivity index (χ3n) is 4.55. The number of rotatable bonds is 6. The Kier molecular flexibility index (Phi) is 5.36. The van der Waals surface area contributed by atoms with Crippen LogP contribution in [0.2, 0.25) is 0 Å². The van der Waals surface area contributed by atoms with Crippen molar-refractivity contribution in [2.24, 2.45) is 0 Å². The first-order valence-corrected chi connectivity index (χ1v) is 10.8. The van der Waals surface area contributed by atoms with Crippen molar-refractivity contribution < 1.29 is 9.30 Å². The van der Waals surface area contributed by atoms with Gasteiger partial charge in [-0.2, -0.15) is 0 Å². The van der Waals surface area contributed by atoms with Gasteiger partial charge in [-0.05, 0) is 17.7 Å². The number of ether oxygens (including phenoxy) is 1. The summed E-state index contributed by atoms with van der Waals surface area (Å²) >= 11 is 0.